The van der Waals surface area contributed by atoms with Crippen molar-refractivity contribution in [2.45, 2.75) is 6.92 Å². The normalized spacial score (nSPS) is 10.0. The summed E-state index contributed by atoms with van der Waals surface area (Å²) in [5, 5.41) is 5.08. The molecule has 6 nitrogen and oxygen atoms in total. The summed E-state index contributed by atoms with van der Waals surface area (Å²) in [5.74, 6) is -1.25. The SMILES string of the molecule is CNC(=O)c1cccc(NC(=O)COC(=O)c2ccc(C)s2)c1. The molecule has 0 spiro atoms. The monoisotopic (exact) mass is 332 g/mol. The van der Waals surface area contributed by atoms with Gasteiger partial charge in [-0.2, -0.15) is 0 Å². The summed E-state index contributed by atoms with van der Waals surface area (Å²) in [6, 6.07) is 9.95. The van der Waals surface area contributed by atoms with Crippen molar-refractivity contribution >= 4 is 34.8 Å². The second kappa shape index (κ2) is 7.55. The second-order valence-electron chi connectivity index (χ2n) is 4.69. The fourth-order valence-corrected chi connectivity index (χ4v) is 2.59. The summed E-state index contributed by atoms with van der Waals surface area (Å²) in [6.07, 6.45) is 0. The number of ether oxygens (including phenoxy) is 1. The van der Waals surface area contributed by atoms with Crippen LogP contribution in [0.3, 0.4) is 0 Å². The number of carbonyl (C=O) groups is 3. The first-order chi connectivity index (χ1) is 11.0. The van der Waals surface area contributed by atoms with Gasteiger partial charge in [-0.25, -0.2) is 4.79 Å². The summed E-state index contributed by atoms with van der Waals surface area (Å²) in [6.45, 7) is 1.49. The number of hydrogen-bond acceptors (Lipinski definition) is 5. The largest absolute Gasteiger partial charge is 0.451 e. The van der Waals surface area contributed by atoms with Crippen molar-refractivity contribution in [3.05, 3.63) is 51.7 Å². The topological polar surface area (TPSA) is 84.5 Å². The lowest BCUT2D eigenvalue weighted by Gasteiger charge is -2.07. The van der Waals surface area contributed by atoms with E-state index in [9.17, 15) is 14.4 Å². The molecule has 2 amide bonds. The third kappa shape index (κ3) is 4.65. The summed E-state index contributed by atoms with van der Waals surface area (Å²) >= 11 is 1.31. The van der Waals surface area contributed by atoms with E-state index in [-0.39, 0.29) is 12.5 Å². The second-order valence-corrected chi connectivity index (χ2v) is 5.98. The number of carbonyl (C=O) groups excluding carboxylic acids is 3. The molecular formula is C16H16N2O4S. The molecule has 0 atom stereocenters. The average molecular weight is 332 g/mol. The molecule has 2 aromatic rings. The van der Waals surface area contributed by atoms with Crippen molar-refractivity contribution in [2.24, 2.45) is 0 Å². The van der Waals surface area contributed by atoms with Crippen molar-refractivity contribution in [1.29, 1.82) is 0 Å². The molecule has 0 aliphatic carbocycles. The molecule has 7 heteroatoms. The fourth-order valence-electron chi connectivity index (χ4n) is 1.83. The van der Waals surface area contributed by atoms with Gasteiger partial charge in [0.1, 0.15) is 4.88 Å². The molecule has 0 aliphatic rings. The van der Waals surface area contributed by atoms with E-state index in [0.29, 0.717) is 16.1 Å². The lowest BCUT2D eigenvalue weighted by Crippen LogP contribution is -2.21. The highest BCUT2D eigenvalue weighted by Crippen LogP contribution is 2.16. The van der Waals surface area contributed by atoms with Crippen molar-refractivity contribution in [1.82, 2.24) is 5.32 Å². The predicted molar refractivity (Wildman–Crippen MR) is 87.8 cm³/mol. The summed E-state index contributed by atoms with van der Waals surface area (Å²) in [4.78, 5) is 36.6. The Labute approximate surface area is 137 Å². The molecule has 0 saturated heterocycles. The number of anilines is 1. The Morgan fingerprint density at radius 3 is 2.61 bits per heavy atom. The van der Waals surface area contributed by atoms with Crippen molar-refractivity contribution < 1.29 is 19.1 Å². The maximum Gasteiger partial charge on any atom is 0.348 e. The zero-order valence-electron chi connectivity index (χ0n) is 12.7. The minimum atomic E-state index is -0.530. The molecule has 0 radical (unpaired) electrons. The van der Waals surface area contributed by atoms with Gasteiger partial charge in [0, 0.05) is 23.2 Å². The number of aryl methyl sites for hydroxylation is 1. The van der Waals surface area contributed by atoms with Crippen LogP contribution in [0.15, 0.2) is 36.4 Å². The van der Waals surface area contributed by atoms with Gasteiger partial charge in [-0.1, -0.05) is 6.07 Å². The van der Waals surface area contributed by atoms with Crippen LogP contribution in [-0.2, 0) is 9.53 Å². The van der Waals surface area contributed by atoms with Crippen LogP contribution in [0, 0.1) is 6.92 Å². The van der Waals surface area contributed by atoms with Crippen LogP contribution in [0.1, 0.15) is 24.9 Å². The first kappa shape index (κ1) is 16.7. The van der Waals surface area contributed by atoms with Gasteiger partial charge in [0.15, 0.2) is 6.61 Å². The van der Waals surface area contributed by atoms with E-state index < -0.39 is 11.9 Å². The van der Waals surface area contributed by atoms with Crippen LogP contribution in [0.25, 0.3) is 0 Å². The smallest absolute Gasteiger partial charge is 0.348 e. The van der Waals surface area contributed by atoms with Crippen LogP contribution < -0.4 is 10.6 Å². The Morgan fingerprint density at radius 2 is 1.96 bits per heavy atom. The van der Waals surface area contributed by atoms with E-state index in [1.54, 1.807) is 30.3 Å². The number of rotatable bonds is 5. The highest BCUT2D eigenvalue weighted by Gasteiger charge is 2.12. The van der Waals surface area contributed by atoms with Crippen molar-refractivity contribution in [3.8, 4) is 0 Å². The third-order valence-corrected chi connectivity index (χ3v) is 3.89. The van der Waals surface area contributed by atoms with Crippen LogP contribution in [0.4, 0.5) is 5.69 Å². The molecule has 0 bridgehead atoms. The van der Waals surface area contributed by atoms with Gasteiger partial charge in [-0.15, -0.1) is 11.3 Å². The molecular weight excluding hydrogens is 316 g/mol. The minimum Gasteiger partial charge on any atom is -0.451 e. The van der Waals surface area contributed by atoms with Crippen molar-refractivity contribution in [3.63, 3.8) is 0 Å². The van der Waals surface area contributed by atoms with Gasteiger partial charge in [0.25, 0.3) is 11.8 Å². The lowest BCUT2D eigenvalue weighted by molar-refractivity contribution is -0.119. The molecule has 0 fully saturated rings. The van der Waals surface area contributed by atoms with E-state index in [0.717, 1.165) is 4.88 Å². The molecule has 0 unspecified atom stereocenters. The van der Waals surface area contributed by atoms with Gasteiger partial charge >= 0.3 is 5.97 Å². The van der Waals surface area contributed by atoms with E-state index in [1.165, 1.54) is 18.4 Å². The molecule has 0 aliphatic heterocycles. The van der Waals surface area contributed by atoms with Gasteiger partial charge in [0.05, 0.1) is 0 Å². The number of amides is 2. The number of nitrogens with one attached hydrogen (secondary N) is 2. The Balaban J connectivity index is 1.90. The van der Waals surface area contributed by atoms with Crippen molar-refractivity contribution in [2.75, 3.05) is 19.0 Å². The zero-order chi connectivity index (χ0) is 16.8. The average Bonchev–Trinajstić information content (AvgIpc) is 2.98. The summed E-state index contributed by atoms with van der Waals surface area (Å²) < 4.78 is 4.95. The van der Waals surface area contributed by atoms with E-state index >= 15 is 0 Å². The molecule has 1 aromatic carbocycles. The lowest BCUT2D eigenvalue weighted by atomic mass is 10.2. The van der Waals surface area contributed by atoms with E-state index in [2.05, 4.69) is 10.6 Å². The quantitative estimate of drug-likeness (QED) is 0.822. The van der Waals surface area contributed by atoms with E-state index in [4.69, 9.17) is 4.74 Å². The molecule has 23 heavy (non-hydrogen) atoms. The summed E-state index contributed by atoms with van der Waals surface area (Å²) in [5.41, 5.74) is 0.885. The maximum atomic E-state index is 11.8. The predicted octanol–water partition coefficient (Wildman–Crippen LogP) is 2.21. The van der Waals surface area contributed by atoms with Crippen LogP contribution >= 0.6 is 11.3 Å². The number of esters is 1. The first-order valence-corrected chi connectivity index (χ1v) is 7.67. The molecule has 2 N–H and O–H groups in total. The van der Waals surface area contributed by atoms with Crippen LogP contribution in [-0.4, -0.2) is 31.4 Å². The van der Waals surface area contributed by atoms with Gasteiger partial charge in [0.2, 0.25) is 0 Å². The molecule has 1 heterocycles. The standard InChI is InChI=1S/C16H16N2O4S/c1-10-6-7-13(23-10)16(21)22-9-14(19)18-12-5-3-4-11(8-12)15(20)17-2/h3-8H,9H2,1-2H3,(H,17,20)(H,18,19). The van der Waals surface area contributed by atoms with Gasteiger partial charge < -0.3 is 15.4 Å². The maximum absolute atomic E-state index is 11.8. The van der Waals surface area contributed by atoms with Gasteiger partial charge in [-0.3, -0.25) is 9.59 Å². The Kier molecular flexibility index (Phi) is 5.48. The molecule has 0 saturated carbocycles. The first-order valence-electron chi connectivity index (χ1n) is 6.85. The Bertz CT molecular complexity index is 739. The Morgan fingerprint density at radius 1 is 1.17 bits per heavy atom. The number of hydrogen-bond donors (Lipinski definition) is 2. The fraction of sp³-hybridized carbons (Fsp3) is 0.188. The third-order valence-electron chi connectivity index (χ3n) is 2.91. The number of benzene rings is 1. The summed E-state index contributed by atoms with van der Waals surface area (Å²) in [7, 11) is 1.53. The molecule has 120 valence electrons. The van der Waals surface area contributed by atoms with E-state index in [1.807, 2.05) is 13.0 Å². The van der Waals surface area contributed by atoms with Gasteiger partial charge in [-0.05, 0) is 37.3 Å². The molecule has 2 rings (SSSR count). The highest BCUT2D eigenvalue weighted by molar-refractivity contribution is 7.13. The number of thiophene rings is 1. The molecule has 1 aromatic heterocycles. The Hall–Kier alpha value is -2.67. The van der Waals surface area contributed by atoms with Crippen LogP contribution in [0.5, 0.6) is 0 Å². The zero-order valence-corrected chi connectivity index (χ0v) is 13.5. The highest BCUT2D eigenvalue weighted by atomic mass is 32.1. The minimum absolute atomic E-state index is 0.249. The van der Waals surface area contributed by atoms with Crippen LogP contribution in [0.2, 0.25) is 0 Å².